The van der Waals surface area contributed by atoms with Gasteiger partial charge in [-0.05, 0) is 18.6 Å². The van der Waals surface area contributed by atoms with E-state index in [2.05, 4.69) is 35.3 Å². The predicted octanol–water partition coefficient (Wildman–Crippen LogP) is 4.46. The van der Waals surface area contributed by atoms with Crippen LogP contribution in [0.3, 0.4) is 0 Å². The van der Waals surface area contributed by atoms with Crippen LogP contribution in [0.25, 0.3) is 22.2 Å². The average molecular weight is 246 g/mol. The summed E-state index contributed by atoms with van der Waals surface area (Å²) in [6.07, 6.45) is 0. The summed E-state index contributed by atoms with van der Waals surface area (Å²) in [5.74, 6) is -0.133. The van der Waals surface area contributed by atoms with E-state index in [9.17, 15) is 5.26 Å². The zero-order valence-corrected chi connectivity index (χ0v) is 10.7. The van der Waals surface area contributed by atoms with E-state index >= 15 is 0 Å². The van der Waals surface area contributed by atoms with Crippen LogP contribution in [0, 0.1) is 11.3 Å². The number of benzene rings is 2. The minimum atomic E-state index is -0.133. The number of aromatic amines is 1. The topological polar surface area (TPSA) is 39.6 Å². The normalized spacial score (nSPS) is 12.2. The minimum absolute atomic E-state index is 0.133. The lowest BCUT2D eigenvalue weighted by molar-refractivity contribution is 0.995. The van der Waals surface area contributed by atoms with Crippen molar-refractivity contribution in [1.82, 2.24) is 4.98 Å². The lowest BCUT2D eigenvalue weighted by Gasteiger charge is -2.06. The Morgan fingerprint density at radius 1 is 1.00 bits per heavy atom. The Kier molecular flexibility index (Phi) is 2.81. The summed E-state index contributed by atoms with van der Waals surface area (Å²) < 4.78 is 0. The molecular formula is C17H14N2. The van der Waals surface area contributed by atoms with Crippen LogP contribution in [0.4, 0.5) is 0 Å². The Labute approximate surface area is 112 Å². The van der Waals surface area contributed by atoms with E-state index in [0.717, 1.165) is 27.7 Å². The summed E-state index contributed by atoms with van der Waals surface area (Å²) in [5, 5.41) is 10.4. The molecule has 0 spiro atoms. The molecule has 1 aromatic heterocycles. The molecule has 1 unspecified atom stereocenters. The lowest BCUT2D eigenvalue weighted by atomic mass is 9.96. The van der Waals surface area contributed by atoms with Crippen molar-refractivity contribution < 1.29 is 0 Å². The van der Waals surface area contributed by atoms with E-state index in [-0.39, 0.29) is 5.92 Å². The minimum Gasteiger partial charge on any atom is -0.354 e. The number of hydrogen-bond acceptors (Lipinski definition) is 1. The number of H-pyrrole nitrogens is 1. The molecule has 0 saturated heterocycles. The maximum Gasteiger partial charge on any atom is 0.0711 e. The molecule has 2 heteroatoms. The summed E-state index contributed by atoms with van der Waals surface area (Å²) in [5.41, 5.74) is 4.34. The van der Waals surface area contributed by atoms with Gasteiger partial charge in [-0.2, -0.15) is 5.26 Å². The van der Waals surface area contributed by atoms with Gasteiger partial charge in [0.1, 0.15) is 0 Å². The lowest BCUT2D eigenvalue weighted by Crippen LogP contribution is -1.91. The van der Waals surface area contributed by atoms with Crippen LogP contribution in [0.15, 0.2) is 54.6 Å². The summed E-state index contributed by atoms with van der Waals surface area (Å²) in [6, 6.07) is 20.7. The molecule has 92 valence electrons. The highest BCUT2D eigenvalue weighted by molar-refractivity contribution is 5.91. The first-order valence-corrected chi connectivity index (χ1v) is 6.37. The smallest absolute Gasteiger partial charge is 0.0711 e. The van der Waals surface area contributed by atoms with Crippen LogP contribution in [0.1, 0.15) is 18.4 Å². The fourth-order valence-corrected chi connectivity index (χ4v) is 2.51. The Morgan fingerprint density at radius 3 is 2.42 bits per heavy atom. The van der Waals surface area contributed by atoms with Crippen molar-refractivity contribution in [3.05, 3.63) is 60.2 Å². The van der Waals surface area contributed by atoms with Crippen LogP contribution in [-0.2, 0) is 0 Å². The van der Waals surface area contributed by atoms with Crippen molar-refractivity contribution in [3.8, 4) is 17.3 Å². The molecule has 0 fully saturated rings. The van der Waals surface area contributed by atoms with Gasteiger partial charge in [-0.15, -0.1) is 0 Å². The molecule has 0 aliphatic rings. The van der Waals surface area contributed by atoms with Crippen molar-refractivity contribution in [3.63, 3.8) is 0 Å². The van der Waals surface area contributed by atoms with E-state index < -0.39 is 0 Å². The van der Waals surface area contributed by atoms with Crippen molar-refractivity contribution in [2.75, 3.05) is 0 Å². The largest absolute Gasteiger partial charge is 0.354 e. The van der Waals surface area contributed by atoms with Gasteiger partial charge >= 0.3 is 0 Å². The van der Waals surface area contributed by atoms with Gasteiger partial charge in [0.05, 0.1) is 17.7 Å². The number of rotatable bonds is 2. The molecule has 3 aromatic rings. The second-order valence-electron chi connectivity index (χ2n) is 4.68. The second-order valence-corrected chi connectivity index (χ2v) is 4.68. The first-order chi connectivity index (χ1) is 9.31. The molecule has 0 radical (unpaired) electrons. The number of hydrogen-bond donors (Lipinski definition) is 1. The maximum atomic E-state index is 9.27. The maximum absolute atomic E-state index is 9.27. The van der Waals surface area contributed by atoms with Crippen LogP contribution in [-0.4, -0.2) is 4.98 Å². The summed E-state index contributed by atoms with van der Waals surface area (Å²) >= 11 is 0. The first-order valence-electron chi connectivity index (χ1n) is 6.37. The van der Waals surface area contributed by atoms with E-state index in [4.69, 9.17) is 0 Å². The molecule has 19 heavy (non-hydrogen) atoms. The molecule has 0 aliphatic carbocycles. The zero-order chi connectivity index (χ0) is 13.2. The Balaban J connectivity index is 2.33. The molecule has 0 amide bonds. The molecule has 2 aromatic carbocycles. The van der Waals surface area contributed by atoms with E-state index in [1.165, 1.54) is 0 Å². The number of nitriles is 1. The third-order valence-corrected chi connectivity index (χ3v) is 3.44. The van der Waals surface area contributed by atoms with Crippen molar-refractivity contribution in [2.24, 2.45) is 0 Å². The number of aromatic nitrogens is 1. The van der Waals surface area contributed by atoms with E-state index in [1.807, 2.05) is 37.3 Å². The van der Waals surface area contributed by atoms with Gasteiger partial charge < -0.3 is 4.98 Å². The third-order valence-electron chi connectivity index (χ3n) is 3.44. The molecule has 1 atom stereocenters. The number of nitrogens with one attached hydrogen (secondary N) is 1. The van der Waals surface area contributed by atoms with Gasteiger partial charge in [-0.1, -0.05) is 48.5 Å². The standard InChI is InChI=1S/C17H14N2/c1-12(11-18)16-14-9-5-6-10-15(14)19-17(16)13-7-3-2-4-8-13/h2-10,12,19H,1H3. The predicted molar refractivity (Wildman–Crippen MR) is 77.8 cm³/mol. The molecule has 0 aliphatic heterocycles. The van der Waals surface area contributed by atoms with Gasteiger partial charge in [-0.25, -0.2) is 0 Å². The van der Waals surface area contributed by atoms with Crippen LogP contribution in [0.2, 0.25) is 0 Å². The molecule has 0 bridgehead atoms. The van der Waals surface area contributed by atoms with Crippen molar-refractivity contribution in [1.29, 1.82) is 5.26 Å². The third kappa shape index (κ3) is 1.90. The SMILES string of the molecule is CC(C#N)c1c(-c2ccccc2)[nH]c2ccccc12. The Bertz CT molecular complexity index is 748. The number of para-hydroxylation sites is 1. The Morgan fingerprint density at radius 2 is 1.68 bits per heavy atom. The Hall–Kier alpha value is -2.53. The molecule has 1 heterocycles. The quantitative estimate of drug-likeness (QED) is 0.712. The zero-order valence-electron chi connectivity index (χ0n) is 10.7. The fourth-order valence-electron chi connectivity index (χ4n) is 2.51. The van der Waals surface area contributed by atoms with Crippen molar-refractivity contribution in [2.45, 2.75) is 12.8 Å². The highest BCUT2D eigenvalue weighted by atomic mass is 14.7. The van der Waals surface area contributed by atoms with Crippen molar-refractivity contribution >= 4 is 10.9 Å². The summed E-state index contributed by atoms with van der Waals surface area (Å²) in [6.45, 7) is 1.95. The molecule has 0 saturated carbocycles. The highest BCUT2D eigenvalue weighted by Crippen LogP contribution is 2.35. The fraction of sp³-hybridized carbons (Fsp3) is 0.118. The second kappa shape index (κ2) is 4.62. The summed E-state index contributed by atoms with van der Waals surface area (Å²) in [4.78, 5) is 3.44. The van der Waals surface area contributed by atoms with Crippen LogP contribution >= 0.6 is 0 Å². The van der Waals surface area contributed by atoms with E-state index in [1.54, 1.807) is 0 Å². The van der Waals surface area contributed by atoms with E-state index in [0.29, 0.717) is 0 Å². The molecular weight excluding hydrogens is 232 g/mol. The van der Waals surface area contributed by atoms with Gasteiger partial charge in [-0.3, -0.25) is 0 Å². The van der Waals surface area contributed by atoms with Gasteiger partial charge in [0.2, 0.25) is 0 Å². The number of nitrogens with zero attached hydrogens (tertiary/aromatic N) is 1. The molecule has 3 rings (SSSR count). The molecule has 1 N–H and O–H groups in total. The first kappa shape index (κ1) is 11.6. The average Bonchev–Trinajstić information content (AvgIpc) is 2.87. The van der Waals surface area contributed by atoms with Gasteiger partial charge in [0.25, 0.3) is 0 Å². The number of fused-ring (bicyclic) bond motifs is 1. The summed E-state index contributed by atoms with van der Waals surface area (Å²) in [7, 11) is 0. The van der Waals surface area contributed by atoms with Gasteiger partial charge in [0, 0.05) is 16.5 Å². The van der Waals surface area contributed by atoms with Crippen LogP contribution in [0.5, 0.6) is 0 Å². The van der Waals surface area contributed by atoms with Crippen LogP contribution < -0.4 is 0 Å². The highest BCUT2D eigenvalue weighted by Gasteiger charge is 2.17. The molecule has 2 nitrogen and oxygen atoms in total. The van der Waals surface area contributed by atoms with Gasteiger partial charge in [0.15, 0.2) is 0 Å². The monoisotopic (exact) mass is 246 g/mol.